The maximum Gasteiger partial charge on any atom is 0.220 e. The molecule has 0 heterocycles. The number of hydrogen-bond acceptors (Lipinski definition) is 3. The van der Waals surface area contributed by atoms with E-state index < -0.39 is 6.04 Å². The molecule has 0 aromatic rings. The molecule has 0 aliphatic rings. The van der Waals surface area contributed by atoms with E-state index in [9.17, 15) is 14.4 Å². The summed E-state index contributed by atoms with van der Waals surface area (Å²) in [5.74, 6) is 0.114. The minimum Gasteiger partial charge on any atom is -0.356 e. The highest BCUT2D eigenvalue weighted by atomic mass is 16.2. The van der Waals surface area contributed by atoms with E-state index in [1.807, 2.05) is 0 Å². The number of ketones is 1. The summed E-state index contributed by atoms with van der Waals surface area (Å²) in [5, 5.41) is 5.88. The molecular formula is C28H52N2O3. The van der Waals surface area contributed by atoms with Crippen molar-refractivity contribution in [3.05, 3.63) is 12.2 Å². The second-order valence-corrected chi connectivity index (χ2v) is 9.28. The number of hydrogen-bond donors (Lipinski definition) is 2. The van der Waals surface area contributed by atoms with Crippen LogP contribution in [0, 0.1) is 0 Å². The number of carbonyl (C=O) groups is 3. The average molecular weight is 465 g/mol. The predicted octanol–water partition coefficient (Wildman–Crippen LogP) is 6.79. The number of Topliss-reactive ketones (excluding diaryl/α,β-unsaturated/α-hetero) is 1. The lowest BCUT2D eigenvalue weighted by Crippen LogP contribution is -2.39. The van der Waals surface area contributed by atoms with Gasteiger partial charge in [0.1, 0.15) is 0 Å². The van der Waals surface area contributed by atoms with Crippen LogP contribution in [0.1, 0.15) is 136 Å². The second-order valence-electron chi connectivity index (χ2n) is 9.28. The predicted molar refractivity (Wildman–Crippen MR) is 139 cm³/mol. The maximum atomic E-state index is 12.2. The zero-order valence-electron chi connectivity index (χ0n) is 21.9. The Morgan fingerprint density at radius 2 is 1.30 bits per heavy atom. The first-order valence-electron chi connectivity index (χ1n) is 13.7. The van der Waals surface area contributed by atoms with Crippen LogP contribution in [-0.2, 0) is 14.4 Å². The summed E-state index contributed by atoms with van der Waals surface area (Å²) in [5.41, 5.74) is 0. The molecule has 2 N–H and O–H groups in total. The van der Waals surface area contributed by atoms with Crippen LogP contribution in [0.3, 0.4) is 0 Å². The van der Waals surface area contributed by atoms with Crippen molar-refractivity contribution < 1.29 is 14.4 Å². The number of amides is 2. The Labute approximate surface area is 203 Å². The van der Waals surface area contributed by atoms with Gasteiger partial charge in [-0.2, -0.15) is 0 Å². The van der Waals surface area contributed by atoms with E-state index in [4.69, 9.17) is 0 Å². The molecule has 0 aliphatic carbocycles. The van der Waals surface area contributed by atoms with Crippen LogP contribution in [0.2, 0.25) is 0 Å². The smallest absolute Gasteiger partial charge is 0.220 e. The molecule has 0 aromatic heterocycles. The van der Waals surface area contributed by atoms with Crippen molar-refractivity contribution in [1.29, 1.82) is 0 Å². The Bertz CT molecular complexity index is 531. The standard InChI is InChI=1S/C28H52N2O3/c1-4-6-8-10-12-13-14-16-18-23-28(33)30-26(25(3)31)21-19-20-24-29-27(32)22-17-15-11-9-7-5-2/h6,8,26H,4-5,7,9-24H2,1-3H3,(H,29,32)(H,30,33)/b8-6-. The summed E-state index contributed by atoms with van der Waals surface area (Å²) in [6.07, 6.45) is 22.7. The van der Waals surface area contributed by atoms with Crippen molar-refractivity contribution in [1.82, 2.24) is 10.6 Å². The molecule has 0 fully saturated rings. The number of unbranched alkanes of at least 4 members (excludes halogenated alkanes) is 11. The lowest BCUT2D eigenvalue weighted by Gasteiger charge is -2.16. The van der Waals surface area contributed by atoms with Gasteiger partial charge < -0.3 is 10.6 Å². The fourth-order valence-corrected chi connectivity index (χ4v) is 3.86. The lowest BCUT2D eigenvalue weighted by molar-refractivity contribution is -0.127. The number of rotatable bonds is 23. The van der Waals surface area contributed by atoms with Crippen molar-refractivity contribution in [2.45, 2.75) is 142 Å². The van der Waals surface area contributed by atoms with Crippen LogP contribution in [0.4, 0.5) is 0 Å². The quantitative estimate of drug-likeness (QED) is 0.129. The van der Waals surface area contributed by atoms with Crippen molar-refractivity contribution in [3.8, 4) is 0 Å². The Balaban J connectivity index is 3.76. The first kappa shape index (κ1) is 31.4. The van der Waals surface area contributed by atoms with Crippen molar-refractivity contribution >= 4 is 17.6 Å². The lowest BCUT2D eigenvalue weighted by atomic mass is 10.0. The second kappa shape index (κ2) is 23.5. The van der Waals surface area contributed by atoms with Gasteiger partial charge in [-0.05, 0) is 58.3 Å². The van der Waals surface area contributed by atoms with E-state index in [1.165, 1.54) is 38.5 Å². The molecule has 0 aromatic carbocycles. The highest BCUT2D eigenvalue weighted by Crippen LogP contribution is 2.09. The molecule has 2 amide bonds. The van der Waals surface area contributed by atoms with Gasteiger partial charge >= 0.3 is 0 Å². The zero-order valence-corrected chi connectivity index (χ0v) is 21.9. The first-order chi connectivity index (χ1) is 16.0. The van der Waals surface area contributed by atoms with Gasteiger partial charge in [0.2, 0.25) is 11.8 Å². The fraction of sp³-hybridized carbons (Fsp3) is 0.821. The maximum absolute atomic E-state index is 12.2. The molecule has 0 radical (unpaired) electrons. The Morgan fingerprint density at radius 1 is 0.697 bits per heavy atom. The van der Waals surface area contributed by atoms with Gasteiger partial charge in [0, 0.05) is 19.4 Å². The van der Waals surface area contributed by atoms with E-state index in [-0.39, 0.29) is 17.6 Å². The molecule has 0 saturated carbocycles. The summed E-state index contributed by atoms with van der Waals surface area (Å²) in [4.78, 5) is 36.0. The van der Waals surface area contributed by atoms with Gasteiger partial charge in [-0.1, -0.05) is 77.4 Å². The highest BCUT2D eigenvalue weighted by Gasteiger charge is 2.16. The van der Waals surface area contributed by atoms with Crippen LogP contribution in [0.25, 0.3) is 0 Å². The van der Waals surface area contributed by atoms with Gasteiger partial charge in [0.25, 0.3) is 0 Å². The highest BCUT2D eigenvalue weighted by molar-refractivity contribution is 5.87. The van der Waals surface area contributed by atoms with Crippen LogP contribution in [-0.4, -0.2) is 30.2 Å². The third kappa shape index (κ3) is 21.9. The molecule has 0 rings (SSSR count). The van der Waals surface area contributed by atoms with Crippen LogP contribution >= 0.6 is 0 Å². The minimum absolute atomic E-state index is 0.00981. The summed E-state index contributed by atoms with van der Waals surface area (Å²) in [7, 11) is 0. The van der Waals surface area contributed by atoms with Gasteiger partial charge in [-0.3, -0.25) is 14.4 Å². The average Bonchev–Trinajstić information content (AvgIpc) is 2.79. The van der Waals surface area contributed by atoms with Crippen molar-refractivity contribution in [2.75, 3.05) is 6.54 Å². The molecule has 192 valence electrons. The van der Waals surface area contributed by atoms with E-state index in [1.54, 1.807) is 6.92 Å². The summed E-state index contributed by atoms with van der Waals surface area (Å²) < 4.78 is 0. The summed E-state index contributed by atoms with van der Waals surface area (Å²) >= 11 is 0. The van der Waals surface area contributed by atoms with E-state index in [0.717, 1.165) is 57.8 Å². The molecule has 33 heavy (non-hydrogen) atoms. The molecule has 1 atom stereocenters. The fourth-order valence-electron chi connectivity index (χ4n) is 3.86. The summed E-state index contributed by atoms with van der Waals surface area (Å²) in [6.45, 7) is 6.54. The van der Waals surface area contributed by atoms with Crippen LogP contribution < -0.4 is 10.6 Å². The third-order valence-corrected chi connectivity index (χ3v) is 6.00. The Kier molecular flexibility index (Phi) is 22.3. The number of nitrogens with one attached hydrogen (secondary N) is 2. The third-order valence-electron chi connectivity index (χ3n) is 6.00. The van der Waals surface area contributed by atoms with Gasteiger partial charge in [0.15, 0.2) is 5.78 Å². The number of carbonyl (C=O) groups excluding carboxylic acids is 3. The van der Waals surface area contributed by atoms with Crippen LogP contribution in [0.15, 0.2) is 12.2 Å². The molecule has 1 unspecified atom stereocenters. The van der Waals surface area contributed by atoms with Gasteiger partial charge in [-0.25, -0.2) is 0 Å². The van der Waals surface area contributed by atoms with E-state index in [0.29, 0.717) is 25.8 Å². The molecule has 5 nitrogen and oxygen atoms in total. The van der Waals surface area contributed by atoms with Crippen molar-refractivity contribution in [3.63, 3.8) is 0 Å². The normalized spacial score (nSPS) is 12.1. The number of allylic oxidation sites excluding steroid dienone is 2. The first-order valence-corrected chi connectivity index (χ1v) is 13.7. The molecule has 0 bridgehead atoms. The monoisotopic (exact) mass is 464 g/mol. The molecular weight excluding hydrogens is 412 g/mol. The van der Waals surface area contributed by atoms with Gasteiger partial charge in [0.05, 0.1) is 6.04 Å². The van der Waals surface area contributed by atoms with Crippen molar-refractivity contribution in [2.24, 2.45) is 0 Å². The van der Waals surface area contributed by atoms with E-state index >= 15 is 0 Å². The topological polar surface area (TPSA) is 75.3 Å². The minimum atomic E-state index is -0.401. The van der Waals surface area contributed by atoms with E-state index in [2.05, 4.69) is 36.6 Å². The summed E-state index contributed by atoms with van der Waals surface area (Å²) in [6, 6.07) is -0.401. The van der Waals surface area contributed by atoms with Gasteiger partial charge in [-0.15, -0.1) is 0 Å². The molecule has 0 aliphatic heterocycles. The van der Waals surface area contributed by atoms with Crippen LogP contribution in [0.5, 0.6) is 0 Å². The Hall–Kier alpha value is -1.65. The SMILES string of the molecule is CC/C=C\CCCCCCCC(=O)NC(CCCCNC(=O)CCCCCCCC)C(C)=O. The Morgan fingerprint density at radius 3 is 1.94 bits per heavy atom. The molecule has 0 spiro atoms. The molecule has 0 saturated heterocycles. The largest absolute Gasteiger partial charge is 0.356 e. The molecule has 5 heteroatoms. The zero-order chi connectivity index (χ0) is 24.6.